The highest BCUT2D eigenvalue weighted by Crippen LogP contribution is 2.20. The molecule has 0 aliphatic heterocycles. The van der Waals surface area contributed by atoms with Crippen molar-refractivity contribution in [3.63, 3.8) is 0 Å². The number of carboxylic acid groups (broad SMARTS) is 1. The Balaban J connectivity index is 0.000000458. The third kappa shape index (κ3) is 8.75. The summed E-state index contributed by atoms with van der Waals surface area (Å²) in [5.41, 5.74) is 9.45. The Labute approximate surface area is 243 Å². The number of methoxy groups -OCH3 is 1. The Bertz CT molecular complexity index is 1520. The molecule has 4 rings (SSSR count). The number of esters is 1. The van der Waals surface area contributed by atoms with E-state index in [1.54, 1.807) is 91.9 Å². The molecular weight excluding hydrogens is 536 g/mol. The molecule has 0 aliphatic carbocycles. The topological polar surface area (TPSA) is 170 Å². The Hall–Kier alpha value is -5.51. The standard InChI is InChI=1S/C25H26N4O4.C7H6O2/c1-16(22(25(31)33-2)15-17-4-3-5-21(14-17)23(26)27)28-24(30)20-8-6-18(7-9-20)19-10-12-29(32)13-11-19;8-7(9)6-4-2-1-3-5-6/h3-14,16,22H,15H2,1-2H3,(H3,26,27)(H,28,30);1-5H,(H,8,9)/t16?,22-;/m1./s1. The van der Waals surface area contributed by atoms with Crippen molar-refractivity contribution in [2.45, 2.75) is 19.4 Å². The molecule has 0 saturated carbocycles. The van der Waals surface area contributed by atoms with E-state index in [-0.39, 0.29) is 11.7 Å². The van der Waals surface area contributed by atoms with Crippen LogP contribution in [0.25, 0.3) is 11.1 Å². The highest BCUT2D eigenvalue weighted by Gasteiger charge is 2.28. The second-order valence-electron chi connectivity index (χ2n) is 9.41. The van der Waals surface area contributed by atoms with E-state index in [0.29, 0.717) is 27.8 Å². The van der Waals surface area contributed by atoms with Crippen molar-refractivity contribution in [2.24, 2.45) is 11.7 Å². The first-order valence-electron chi connectivity index (χ1n) is 13.0. The number of amidine groups is 1. The van der Waals surface area contributed by atoms with Crippen LogP contribution in [0.4, 0.5) is 0 Å². The molecule has 1 amide bonds. The first-order valence-corrected chi connectivity index (χ1v) is 13.0. The van der Waals surface area contributed by atoms with E-state index in [9.17, 15) is 19.6 Å². The third-order valence-corrected chi connectivity index (χ3v) is 6.46. The van der Waals surface area contributed by atoms with Crippen LogP contribution in [0.15, 0.2) is 103 Å². The largest absolute Gasteiger partial charge is 0.619 e. The van der Waals surface area contributed by atoms with Crippen LogP contribution >= 0.6 is 0 Å². The average molecular weight is 569 g/mol. The summed E-state index contributed by atoms with van der Waals surface area (Å²) in [6.07, 6.45) is 3.15. The zero-order chi connectivity index (χ0) is 30.6. The third-order valence-electron chi connectivity index (χ3n) is 6.46. The zero-order valence-electron chi connectivity index (χ0n) is 23.2. The molecular formula is C32H32N4O6. The summed E-state index contributed by atoms with van der Waals surface area (Å²) >= 11 is 0. The molecule has 0 bridgehead atoms. The van der Waals surface area contributed by atoms with Crippen molar-refractivity contribution in [3.05, 3.63) is 131 Å². The van der Waals surface area contributed by atoms with Gasteiger partial charge in [-0.3, -0.25) is 15.0 Å². The Kier molecular flexibility index (Phi) is 10.9. The molecule has 0 spiro atoms. The van der Waals surface area contributed by atoms with E-state index in [1.807, 2.05) is 6.07 Å². The van der Waals surface area contributed by atoms with Gasteiger partial charge in [0.2, 0.25) is 0 Å². The number of carboxylic acids is 1. The van der Waals surface area contributed by atoms with Gasteiger partial charge < -0.3 is 26.1 Å². The highest BCUT2D eigenvalue weighted by molar-refractivity contribution is 5.96. The Morgan fingerprint density at radius 2 is 1.50 bits per heavy atom. The number of benzene rings is 3. The van der Waals surface area contributed by atoms with Gasteiger partial charge in [-0.2, -0.15) is 4.73 Å². The predicted octanol–water partition coefficient (Wildman–Crippen LogP) is 3.81. The van der Waals surface area contributed by atoms with Gasteiger partial charge in [0.15, 0.2) is 12.4 Å². The molecule has 5 N–H and O–H groups in total. The fourth-order valence-electron chi connectivity index (χ4n) is 4.13. The number of carbonyl (C=O) groups excluding carboxylic acids is 2. The zero-order valence-corrected chi connectivity index (χ0v) is 23.2. The smallest absolute Gasteiger partial charge is 0.335 e. The number of nitrogens with zero attached hydrogens (tertiary/aromatic N) is 1. The SMILES string of the molecule is COC(=O)[C@H](Cc1cccc(C(=N)N)c1)C(C)NC(=O)c1ccc(-c2cc[n+]([O-])cc2)cc1.O=C(O)c1ccccc1. The molecule has 1 heterocycles. The molecule has 10 nitrogen and oxygen atoms in total. The highest BCUT2D eigenvalue weighted by atomic mass is 16.5. The molecule has 3 aromatic carbocycles. The molecule has 1 unspecified atom stereocenters. The Morgan fingerprint density at radius 1 is 0.905 bits per heavy atom. The van der Waals surface area contributed by atoms with Crippen molar-refractivity contribution in [1.29, 1.82) is 5.41 Å². The number of hydrogen-bond donors (Lipinski definition) is 4. The van der Waals surface area contributed by atoms with Crippen LogP contribution in [0.2, 0.25) is 0 Å². The number of aromatic carboxylic acids is 1. The molecule has 10 heteroatoms. The summed E-state index contributed by atoms with van der Waals surface area (Å²) < 4.78 is 5.67. The maximum absolute atomic E-state index is 12.8. The molecule has 1 aromatic heterocycles. The van der Waals surface area contributed by atoms with Crippen LogP contribution in [0.1, 0.15) is 38.8 Å². The van der Waals surface area contributed by atoms with Gasteiger partial charge in [0, 0.05) is 29.3 Å². The summed E-state index contributed by atoms with van der Waals surface area (Å²) in [6, 6.07) is 25.3. The van der Waals surface area contributed by atoms with Gasteiger partial charge in [-0.15, -0.1) is 0 Å². The van der Waals surface area contributed by atoms with Crippen molar-refractivity contribution in [1.82, 2.24) is 5.32 Å². The fraction of sp³-hybridized carbons (Fsp3) is 0.156. The first-order chi connectivity index (χ1) is 20.1. The van der Waals surface area contributed by atoms with Crippen LogP contribution in [0, 0.1) is 16.5 Å². The number of amides is 1. The van der Waals surface area contributed by atoms with Gasteiger partial charge in [0.25, 0.3) is 5.91 Å². The van der Waals surface area contributed by atoms with Crippen molar-refractivity contribution in [3.8, 4) is 11.1 Å². The lowest BCUT2D eigenvalue weighted by Gasteiger charge is -2.23. The summed E-state index contributed by atoms with van der Waals surface area (Å²) in [7, 11) is 1.31. The quantitative estimate of drug-likeness (QED) is 0.0782. The lowest BCUT2D eigenvalue weighted by molar-refractivity contribution is -0.605. The predicted molar refractivity (Wildman–Crippen MR) is 158 cm³/mol. The van der Waals surface area contributed by atoms with Gasteiger partial charge >= 0.3 is 11.9 Å². The summed E-state index contributed by atoms with van der Waals surface area (Å²) in [5, 5.41) is 30.1. The molecule has 0 fully saturated rings. The minimum atomic E-state index is -0.879. The minimum absolute atomic E-state index is 0.0565. The van der Waals surface area contributed by atoms with Crippen molar-refractivity contribution in [2.75, 3.05) is 7.11 Å². The summed E-state index contributed by atoms with van der Waals surface area (Å²) in [4.78, 5) is 35.5. The molecule has 0 radical (unpaired) electrons. The van der Waals surface area contributed by atoms with Gasteiger partial charge in [0.1, 0.15) is 5.84 Å². The number of pyridine rings is 1. The molecule has 216 valence electrons. The van der Waals surface area contributed by atoms with E-state index in [0.717, 1.165) is 16.7 Å². The summed E-state index contributed by atoms with van der Waals surface area (Å²) in [6.45, 7) is 1.75. The number of hydrogen-bond acceptors (Lipinski definition) is 6. The normalized spacial score (nSPS) is 11.7. The maximum Gasteiger partial charge on any atom is 0.335 e. The van der Waals surface area contributed by atoms with E-state index in [1.165, 1.54) is 19.5 Å². The van der Waals surface area contributed by atoms with Gasteiger partial charge in [-0.05, 0) is 60.4 Å². The van der Waals surface area contributed by atoms with Gasteiger partial charge in [0.05, 0.1) is 18.6 Å². The summed E-state index contributed by atoms with van der Waals surface area (Å²) in [5.74, 6) is -2.31. The number of ether oxygens (including phenoxy) is 1. The molecule has 0 saturated heterocycles. The van der Waals surface area contributed by atoms with Crippen LogP contribution in [0.5, 0.6) is 0 Å². The van der Waals surface area contributed by atoms with Gasteiger partial charge in [-0.25, -0.2) is 4.79 Å². The van der Waals surface area contributed by atoms with E-state index in [4.69, 9.17) is 21.0 Å². The lowest BCUT2D eigenvalue weighted by atomic mass is 9.92. The second-order valence-corrected chi connectivity index (χ2v) is 9.41. The number of nitrogen functional groups attached to an aromatic ring is 1. The monoisotopic (exact) mass is 568 g/mol. The number of nitrogens with two attached hydrogens (primary N) is 1. The Morgan fingerprint density at radius 3 is 2.05 bits per heavy atom. The number of aromatic nitrogens is 1. The van der Waals surface area contributed by atoms with Crippen molar-refractivity contribution < 1.29 is 29.0 Å². The molecule has 2 atom stereocenters. The van der Waals surface area contributed by atoms with Crippen LogP contribution < -0.4 is 15.8 Å². The van der Waals surface area contributed by atoms with E-state index in [2.05, 4.69) is 5.32 Å². The van der Waals surface area contributed by atoms with Gasteiger partial charge in [-0.1, -0.05) is 48.5 Å². The number of nitrogens with one attached hydrogen (secondary N) is 2. The molecule has 4 aromatic rings. The number of rotatable bonds is 9. The molecule has 42 heavy (non-hydrogen) atoms. The van der Waals surface area contributed by atoms with Crippen LogP contribution in [-0.2, 0) is 16.0 Å². The van der Waals surface area contributed by atoms with Crippen molar-refractivity contribution >= 4 is 23.7 Å². The maximum atomic E-state index is 12.8. The minimum Gasteiger partial charge on any atom is -0.619 e. The van der Waals surface area contributed by atoms with Crippen LogP contribution in [-0.4, -0.2) is 41.9 Å². The first kappa shape index (κ1) is 31.0. The van der Waals surface area contributed by atoms with E-state index < -0.39 is 23.9 Å². The fourth-order valence-corrected chi connectivity index (χ4v) is 4.13. The number of carbonyl (C=O) groups is 3. The molecule has 0 aliphatic rings. The average Bonchev–Trinajstić information content (AvgIpc) is 3.00. The second kappa shape index (κ2) is 14.8. The lowest BCUT2D eigenvalue weighted by Crippen LogP contribution is -2.42. The van der Waals surface area contributed by atoms with E-state index >= 15 is 0 Å². The van der Waals surface area contributed by atoms with Crippen LogP contribution in [0.3, 0.4) is 0 Å².